The molecular formula is C18H19NO6. The van der Waals surface area contributed by atoms with Gasteiger partial charge in [0, 0.05) is 20.3 Å². The Morgan fingerprint density at radius 2 is 1.88 bits per heavy atom. The smallest absolute Gasteiger partial charge is 0.348 e. The molecule has 0 radical (unpaired) electrons. The van der Waals surface area contributed by atoms with Crippen LogP contribution >= 0.6 is 0 Å². The summed E-state index contributed by atoms with van der Waals surface area (Å²) in [7, 11) is 1.51. The van der Waals surface area contributed by atoms with Crippen molar-refractivity contribution < 1.29 is 28.5 Å². The third kappa shape index (κ3) is 4.73. The second kappa shape index (κ2) is 7.71. The van der Waals surface area contributed by atoms with Gasteiger partial charge in [0.25, 0.3) is 5.79 Å². The van der Waals surface area contributed by atoms with E-state index in [0.29, 0.717) is 36.5 Å². The summed E-state index contributed by atoms with van der Waals surface area (Å²) in [5, 5.41) is 8.55. The van der Waals surface area contributed by atoms with Crippen molar-refractivity contribution in [3.8, 4) is 17.6 Å². The molecule has 1 saturated heterocycles. The molecule has 1 aromatic carbocycles. The average Bonchev–Trinajstić information content (AvgIpc) is 2.54. The summed E-state index contributed by atoms with van der Waals surface area (Å²) in [6, 6.07) is 7.02. The van der Waals surface area contributed by atoms with Gasteiger partial charge in [-0.05, 0) is 30.2 Å². The Labute approximate surface area is 145 Å². The molecule has 0 amide bonds. The fraction of sp³-hybridized carbons (Fsp3) is 0.389. The van der Waals surface area contributed by atoms with Gasteiger partial charge in [0.2, 0.25) is 0 Å². The van der Waals surface area contributed by atoms with E-state index < -0.39 is 17.7 Å². The van der Waals surface area contributed by atoms with E-state index in [-0.39, 0.29) is 5.57 Å². The second-order valence-corrected chi connectivity index (χ2v) is 5.76. The quantitative estimate of drug-likeness (QED) is 0.338. The molecule has 7 nitrogen and oxygen atoms in total. The van der Waals surface area contributed by atoms with E-state index >= 15 is 0 Å². The number of methoxy groups -OCH3 is 1. The van der Waals surface area contributed by atoms with Gasteiger partial charge in [0.05, 0.1) is 19.8 Å². The van der Waals surface area contributed by atoms with Gasteiger partial charge in [-0.3, -0.25) is 0 Å². The van der Waals surface area contributed by atoms with Crippen LogP contribution in [0.1, 0.15) is 32.3 Å². The lowest BCUT2D eigenvalue weighted by Gasteiger charge is -2.29. The van der Waals surface area contributed by atoms with E-state index in [0.717, 1.165) is 0 Å². The minimum Gasteiger partial charge on any atom is -0.493 e. The molecule has 2 rings (SSSR count). The molecule has 1 aromatic rings. The van der Waals surface area contributed by atoms with Crippen LogP contribution in [-0.2, 0) is 19.1 Å². The van der Waals surface area contributed by atoms with Crippen molar-refractivity contribution in [3.63, 3.8) is 0 Å². The van der Waals surface area contributed by atoms with Crippen molar-refractivity contribution in [2.45, 2.75) is 32.5 Å². The number of benzene rings is 1. The van der Waals surface area contributed by atoms with Crippen molar-refractivity contribution >= 4 is 18.0 Å². The van der Waals surface area contributed by atoms with Crippen LogP contribution in [-0.4, -0.2) is 31.4 Å². The van der Waals surface area contributed by atoms with Gasteiger partial charge in [0.1, 0.15) is 5.57 Å². The second-order valence-electron chi connectivity index (χ2n) is 5.76. The zero-order valence-corrected chi connectivity index (χ0v) is 14.3. The molecule has 1 aliphatic heterocycles. The molecular weight excluding hydrogens is 326 g/mol. The van der Waals surface area contributed by atoms with E-state index in [1.54, 1.807) is 18.2 Å². The number of carbonyl (C=O) groups is 2. The topological polar surface area (TPSA) is 94.8 Å². The van der Waals surface area contributed by atoms with Crippen LogP contribution in [0.4, 0.5) is 0 Å². The number of rotatable bonds is 6. The van der Waals surface area contributed by atoms with E-state index in [1.807, 2.05) is 6.07 Å². The van der Waals surface area contributed by atoms with Crippen LogP contribution < -0.4 is 9.47 Å². The summed E-state index contributed by atoms with van der Waals surface area (Å²) in [4.78, 5) is 24.0. The number of nitrogens with zero attached hydrogens (tertiary/aromatic N) is 1. The number of nitriles is 1. The van der Waals surface area contributed by atoms with Gasteiger partial charge in [-0.15, -0.1) is 0 Å². The summed E-state index contributed by atoms with van der Waals surface area (Å²) < 4.78 is 20.9. The molecule has 1 heterocycles. The Kier molecular flexibility index (Phi) is 5.65. The normalized spacial score (nSPS) is 15.7. The van der Waals surface area contributed by atoms with Crippen molar-refractivity contribution in [3.05, 3.63) is 29.3 Å². The first-order valence-corrected chi connectivity index (χ1v) is 7.72. The number of hydrogen-bond donors (Lipinski definition) is 0. The summed E-state index contributed by atoms with van der Waals surface area (Å²) in [5.41, 5.74) is 0.361. The van der Waals surface area contributed by atoms with E-state index in [2.05, 4.69) is 0 Å². The number of carbonyl (C=O) groups excluding carboxylic acids is 2. The van der Waals surface area contributed by atoms with E-state index in [9.17, 15) is 9.59 Å². The molecule has 0 aromatic heterocycles. The fourth-order valence-corrected chi connectivity index (χ4v) is 2.17. The standard InChI is InChI=1S/C18H19NO6/c1-18(2)24-16(20)13(17(21)25-18)10-12-6-7-14(22-3)15(11-12)23-9-5-4-8-19/h6-7,10-11H,4-5,9H2,1-3H3. The highest BCUT2D eigenvalue weighted by Gasteiger charge is 2.38. The van der Waals surface area contributed by atoms with Crippen molar-refractivity contribution in [1.29, 1.82) is 5.26 Å². The van der Waals surface area contributed by atoms with Gasteiger partial charge in [0.15, 0.2) is 11.5 Å². The molecule has 7 heteroatoms. The highest BCUT2D eigenvalue weighted by Crippen LogP contribution is 2.30. The van der Waals surface area contributed by atoms with Gasteiger partial charge in [-0.25, -0.2) is 9.59 Å². The zero-order valence-electron chi connectivity index (χ0n) is 14.3. The Morgan fingerprint density at radius 1 is 1.20 bits per heavy atom. The molecule has 0 aliphatic carbocycles. The molecule has 0 atom stereocenters. The third-order valence-electron chi connectivity index (χ3n) is 3.31. The van der Waals surface area contributed by atoms with E-state index in [1.165, 1.54) is 27.0 Å². The molecule has 1 fully saturated rings. The van der Waals surface area contributed by atoms with Gasteiger partial charge in [-0.1, -0.05) is 6.07 Å². The summed E-state index contributed by atoms with van der Waals surface area (Å²) in [5.74, 6) is -1.80. The summed E-state index contributed by atoms with van der Waals surface area (Å²) >= 11 is 0. The number of esters is 2. The first-order valence-electron chi connectivity index (χ1n) is 7.72. The predicted molar refractivity (Wildman–Crippen MR) is 87.6 cm³/mol. The highest BCUT2D eigenvalue weighted by molar-refractivity contribution is 6.18. The summed E-state index contributed by atoms with van der Waals surface area (Å²) in [6.07, 6.45) is 2.35. The number of ether oxygens (including phenoxy) is 4. The van der Waals surface area contributed by atoms with E-state index in [4.69, 9.17) is 24.2 Å². The monoisotopic (exact) mass is 345 g/mol. The first-order chi connectivity index (χ1) is 11.9. The Hall–Kier alpha value is -3.01. The predicted octanol–water partition coefficient (Wildman–Crippen LogP) is 2.60. The third-order valence-corrected chi connectivity index (χ3v) is 3.31. The maximum Gasteiger partial charge on any atom is 0.348 e. The van der Waals surface area contributed by atoms with Crippen LogP contribution in [0, 0.1) is 11.3 Å². The van der Waals surface area contributed by atoms with Crippen molar-refractivity contribution in [1.82, 2.24) is 0 Å². The Morgan fingerprint density at radius 3 is 2.48 bits per heavy atom. The van der Waals surface area contributed by atoms with Crippen molar-refractivity contribution in [2.75, 3.05) is 13.7 Å². The molecule has 132 valence electrons. The van der Waals surface area contributed by atoms with Crippen molar-refractivity contribution in [2.24, 2.45) is 0 Å². The minimum absolute atomic E-state index is 0.195. The zero-order chi connectivity index (χ0) is 18.4. The van der Waals surface area contributed by atoms with Crippen LogP contribution in [0.15, 0.2) is 23.8 Å². The maximum atomic E-state index is 12.0. The molecule has 0 bridgehead atoms. The van der Waals surface area contributed by atoms with Gasteiger partial charge in [-0.2, -0.15) is 5.26 Å². The minimum atomic E-state index is -1.28. The molecule has 1 aliphatic rings. The van der Waals surface area contributed by atoms with Gasteiger partial charge < -0.3 is 18.9 Å². The lowest BCUT2D eigenvalue weighted by atomic mass is 10.1. The SMILES string of the molecule is COc1ccc(C=C2C(=O)OC(C)(C)OC2=O)cc1OCCCC#N. The maximum absolute atomic E-state index is 12.0. The average molecular weight is 345 g/mol. The molecule has 25 heavy (non-hydrogen) atoms. The Bertz CT molecular complexity index is 722. The first kappa shape index (κ1) is 18.3. The van der Waals surface area contributed by atoms with Crippen LogP contribution in [0.2, 0.25) is 0 Å². The molecule has 0 spiro atoms. The molecule has 0 unspecified atom stereocenters. The lowest BCUT2D eigenvalue weighted by Crippen LogP contribution is -2.41. The molecule has 0 N–H and O–H groups in total. The number of unbranched alkanes of at least 4 members (excludes halogenated alkanes) is 1. The fourth-order valence-electron chi connectivity index (χ4n) is 2.17. The van der Waals surface area contributed by atoms with Crippen LogP contribution in [0.5, 0.6) is 11.5 Å². The van der Waals surface area contributed by atoms with Gasteiger partial charge >= 0.3 is 11.9 Å². The van der Waals surface area contributed by atoms with Crippen LogP contribution in [0.3, 0.4) is 0 Å². The Balaban J connectivity index is 2.23. The molecule has 0 saturated carbocycles. The number of cyclic esters (lactones) is 2. The highest BCUT2D eigenvalue weighted by atomic mass is 16.7. The van der Waals surface area contributed by atoms with Crippen LogP contribution in [0.25, 0.3) is 6.08 Å². The summed E-state index contributed by atoms with van der Waals surface area (Å²) in [6.45, 7) is 3.32. The number of hydrogen-bond acceptors (Lipinski definition) is 7. The largest absolute Gasteiger partial charge is 0.493 e. The lowest BCUT2D eigenvalue weighted by molar-refractivity contribution is -0.222.